The van der Waals surface area contributed by atoms with E-state index in [-0.39, 0.29) is 0 Å². The topological polar surface area (TPSA) is 37.8 Å². The van der Waals surface area contributed by atoms with Crippen LogP contribution in [0, 0.1) is 13.8 Å². The van der Waals surface area contributed by atoms with Gasteiger partial charge in [-0.1, -0.05) is 41.2 Å². The highest BCUT2D eigenvalue weighted by molar-refractivity contribution is 7.15. The van der Waals surface area contributed by atoms with Crippen LogP contribution in [0.25, 0.3) is 0 Å². The van der Waals surface area contributed by atoms with Crippen molar-refractivity contribution in [2.24, 2.45) is 0 Å². The Bertz CT molecular complexity index is 451. The molecular weight excluding hydrogens is 206 g/mol. The Morgan fingerprint density at radius 2 is 2.13 bits per heavy atom. The van der Waals surface area contributed by atoms with Crippen molar-refractivity contribution in [3.63, 3.8) is 0 Å². The van der Waals surface area contributed by atoms with Gasteiger partial charge < -0.3 is 5.32 Å². The molecule has 1 N–H and O–H groups in total. The summed E-state index contributed by atoms with van der Waals surface area (Å²) in [6.07, 6.45) is 0. The highest BCUT2D eigenvalue weighted by atomic mass is 32.1. The number of nitrogens with one attached hydrogen (secondary N) is 1. The van der Waals surface area contributed by atoms with Gasteiger partial charge >= 0.3 is 0 Å². The molecule has 0 spiro atoms. The summed E-state index contributed by atoms with van der Waals surface area (Å²) in [5.74, 6) is 0. The number of aryl methyl sites for hydroxylation is 2. The van der Waals surface area contributed by atoms with Gasteiger partial charge in [0.25, 0.3) is 0 Å². The van der Waals surface area contributed by atoms with Crippen molar-refractivity contribution >= 4 is 16.5 Å². The Morgan fingerprint density at radius 3 is 2.80 bits per heavy atom. The molecule has 1 heterocycles. The second-order valence-electron chi connectivity index (χ2n) is 3.47. The van der Waals surface area contributed by atoms with Crippen molar-refractivity contribution in [3.8, 4) is 0 Å². The second-order valence-corrected chi connectivity index (χ2v) is 4.65. The lowest BCUT2D eigenvalue weighted by Crippen LogP contribution is -1.98. The maximum absolute atomic E-state index is 4.01. The Balaban J connectivity index is 1.99. The van der Waals surface area contributed by atoms with Gasteiger partial charge in [0.1, 0.15) is 5.01 Å². The van der Waals surface area contributed by atoms with E-state index in [1.54, 1.807) is 11.3 Å². The average molecular weight is 219 g/mol. The van der Waals surface area contributed by atoms with Crippen LogP contribution in [0.4, 0.5) is 5.13 Å². The lowest BCUT2D eigenvalue weighted by atomic mass is 10.1. The molecule has 0 unspecified atom stereocenters. The molecule has 0 aliphatic heterocycles. The molecule has 2 aromatic rings. The Kier molecular flexibility index (Phi) is 2.97. The molecule has 15 heavy (non-hydrogen) atoms. The minimum atomic E-state index is 0.802. The number of hydrogen-bond donors (Lipinski definition) is 1. The molecule has 0 radical (unpaired) electrons. The molecule has 0 atom stereocenters. The maximum Gasteiger partial charge on any atom is 0.205 e. The molecule has 0 aliphatic carbocycles. The van der Waals surface area contributed by atoms with Gasteiger partial charge in [-0.15, -0.1) is 10.2 Å². The normalized spacial score (nSPS) is 10.3. The summed E-state index contributed by atoms with van der Waals surface area (Å²) in [6.45, 7) is 4.85. The van der Waals surface area contributed by atoms with E-state index < -0.39 is 0 Å². The Labute approximate surface area is 93.2 Å². The van der Waals surface area contributed by atoms with Crippen molar-refractivity contribution in [1.29, 1.82) is 0 Å². The summed E-state index contributed by atoms with van der Waals surface area (Å²) in [4.78, 5) is 0. The zero-order valence-corrected chi connectivity index (χ0v) is 9.64. The van der Waals surface area contributed by atoms with E-state index in [1.807, 2.05) is 6.92 Å². The quantitative estimate of drug-likeness (QED) is 0.862. The van der Waals surface area contributed by atoms with Crippen molar-refractivity contribution < 1.29 is 0 Å². The summed E-state index contributed by atoms with van der Waals surface area (Å²) in [6, 6.07) is 8.44. The van der Waals surface area contributed by atoms with Crippen molar-refractivity contribution in [2.45, 2.75) is 20.4 Å². The SMILES string of the molecule is Cc1cccc(CNc2nnc(C)s2)c1. The first kappa shape index (κ1) is 10.1. The summed E-state index contributed by atoms with van der Waals surface area (Å²) in [5, 5.41) is 13.1. The minimum Gasteiger partial charge on any atom is -0.356 e. The Hall–Kier alpha value is -1.42. The van der Waals surface area contributed by atoms with E-state index in [0.29, 0.717) is 0 Å². The summed E-state index contributed by atoms with van der Waals surface area (Å²) in [5.41, 5.74) is 2.55. The molecular formula is C11H13N3S. The van der Waals surface area contributed by atoms with Gasteiger partial charge in [-0.25, -0.2) is 0 Å². The van der Waals surface area contributed by atoms with Crippen LogP contribution < -0.4 is 5.32 Å². The van der Waals surface area contributed by atoms with Crippen LogP contribution in [0.1, 0.15) is 16.1 Å². The number of rotatable bonds is 3. The van der Waals surface area contributed by atoms with Crippen molar-refractivity contribution in [2.75, 3.05) is 5.32 Å². The predicted octanol–water partition coefficient (Wildman–Crippen LogP) is 2.77. The first-order valence-electron chi connectivity index (χ1n) is 4.83. The zero-order chi connectivity index (χ0) is 10.7. The molecule has 0 bridgehead atoms. The van der Waals surface area contributed by atoms with Gasteiger partial charge in [0.15, 0.2) is 0 Å². The third-order valence-electron chi connectivity index (χ3n) is 2.05. The lowest BCUT2D eigenvalue weighted by Gasteiger charge is -2.02. The van der Waals surface area contributed by atoms with E-state index >= 15 is 0 Å². The third-order valence-corrected chi connectivity index (χ3v) is 2.85. The van der Waals surface area contributed by atoms with E-state index in [0.717, 1.165) is 16.7 Å². The lowest BCUT2D eigenvalue weighted by molar-refractivity contribution is 1.02. The summed E-state index contributed by atoms with van der Waals surface area (Å²) in [7, 11) is 0. The monoisotopic (exact) mass is 219 g/mol. The molecule has 0 fully saturated rings. The van der Waals surface area contributed by atoms with Crippen LogP contribution in [0.5, 0.6) is 0 Å². The maximum atomic E-state index is 4.01. The number of nitrogens with zero attached hydrogens (tertiary/aromatic N) is 2. The summed E-state index contributed by atoms with van der Waals surface area (Å²) < 4.78 is 0. The Morgan fingerprint density at radius 1 is 1.27 bits per heavy atom. The molecule has 0 aliphatic rings. The molecule has 0 saturated carbocycles. The van der Waals surface area contributed by atoms with Crippen LogP contribution in [-0.4, -0.2) is 10.2 Å². The molecule has 1 aromatic heterocycles. The second kappa shape index (κ2) is 4.40. The van der Waals surface area contributed by atoms with Crippen LogP contribution in [0.2, 0.25) is 0 Å². The highest BCUT2D eigenvalue weighted by Gasteiger charge is 1.99. The van der Waals surface area contributed by atoms with Crippen LogP contribution >= 0.6 is 11.3 Å². The molecule has 2 rings (SSSR count). The highest BCUT2D eigenvalue weighted by Crippen LogP contribution is 2.15. The fourth-order valence-corrected chi connectivity index (χ4v) is 1.96. The number of aromatic nitrogens is 2. The molecule has 1 aromatic carbocycles. The zero-order valence-electron chi connectivity index (χ0n) is 8.82. The predicted molar refractivity (Wildman–Crippen MR) is 63.2 cm³/mol. The van der Waals surface area contributed by atoms with Crippen molar-refractivity contribution in [1.82, 2.24) is 10.2 Å². The molecule has 3 nitrogen and oxygen atoms in total. The van der Waals surface area contributed by atoms with Crippen molar-refractivity contribution in [3.05, 3.63) is 40.4 Å². The minimum absolute atomic E-state index is 0.802. The molecule has 78 valence electrons. The van der Waals surface area contributed by atoms with Crippen LogP contribution in [0.3, 0.4) is 0 Å². The fraction of sp³-hybridized carbons (Fsp3) is 0.273. The third kappa shape index (κ3) is 2.76. The van der Waals surface area contributed by atoms with Gasteiger partial charge in [-0.2, -0.15) is 0 Å². The largest absolute Gasteiger partial charge is 0.356 e. The molecule has 0 saturated heterocycles. The standard InChI is InChI=1S/C11H13N3S/c1-8-4-3-5-10(6-8)7-12-11-14-13-9(2)15-11/h3-6H,7H2,1-2H3,(H,12,14). The first-order valence-corrected chi connectivity index (χ1v) is 5.65. The smallest absolute Gasteiger partial charge is 0.205 e. The average Bonchev–Trinajstić information content (AvgIpc) is 2.62. The summed E-state index contributed by atoms with van der Waals surface area (Å²) >= 11 is 1.58. The van der Waals surface area contributed by atoms with E-state index in [9.17, 15) is 0 Å². The number of benzene rings is 1. The van der Waals surface area contributed by atoms with Gasteiger partial charge in [0.2, 0.25) is 5.13 Å². The number of anilines is 1. The van der Waals surface area contributed by atoms with E-state index in [4.69, 9.17) is 0 Å². The van der Waals surface area contributed by atoms with Gasteiger partial charge in [0, 0.05) is 6.54 Å². The van der Waals surface area contributed by atoms with Gasteiger partial charge in [0.05, 0.1) is 0 Å². The van der Waals surface area contributed by atoms with Crippen LogP contribution in [0.15, 0.2) is 24.3 Å². The molecule has 4 heteroatoms. The molecule has 0 amide bonds. The first-order chi connectivity index (χ1) is 7.24. The van der Waals surface area contributed by atoms with E-state index in [2.05, 4.69) is 46.7 Å². The van der Waals surface area contributed by atoms with Gasteiger partial charge in [-0.3, -0.25) is 0 Å². The van der Waals surface area contributed by atoms with Crippen LogP contribution in [-0.2, 0) is 6.54 Å². The van der Waals surface area contributed by atoms with Gasteiger partial charge in [-0.05, 0) is 19.4 Å². The number of hydrogen-bond acceptors (Lipinski definition) is 4. The fourth-order valence-electron chi connectivity index (χ4n) is 1.37. The van der Waals surface area contributed by atoms with E-state index in [1.165, 1.54) is 11.1 Å².